The van der Waals surface area contributed by atoms with Gasteiger partial charge in [0, 0.05) is 27.4 Å². The second-order valence-electron chi connectivity index (χ2n) is 12.0. The van der Waals surface area contributed by atoms with Crippen LogP contribution in [0.1, 0.15) is 0 Å². The van der Waals surface area contributed by atoms with E-state index in [-0.39, 0.29) is 0 Å². The molecule has 48 heavy (non-hydrogen) atoms. The highest BCUT2D eigenvalue weighted by molar-refractivity contribution is 6.11. The Labute approximate surface area is 277 Å². The van der Waals surface area contributed by atoms with Gasteiger partial charge in [-0.05, 0) is 76.7 Å². The fourth-order valence-corrected chi connectivity index (χ4v) is 7.27. The van der Waals surface area contributed by atoms with Crippen LogP contribution in [0.3, 0.4) is 0 Å². The summed E-state index contributed by atoms with van der Waals surface area (Å²) in [6.07, 6.45) is 0. The Kier molecular flexibility index (Phi) is 6.22. The summed E-state index contributed by atoms with van der Waals surface area (Å²) in [5.41, 5.74) is 11.7. The summed E-state index contributed by atoms with van der Waals surface area (Å²) in [4.78, 5) is 7.62. The quantitative estimate of drug-likeness (QED) is 0.177. The highest BCUT2D eigenvalue weighted by Crippen LogP contribution is 2.41. The fourth-order valence-electron chi connectivity index (χ4n) is 7.27. The SMILES string of the molecule is [C-]#[N+]c1ccc2c(c1)c1ccccc1n2-c1cc(-c2ccccc2[N+]#[C-])cc(-c2ccccc2-n2c3ccccc3c3ccccc32)c1. The Balaban J connectivity index is 1.38. The second kappa shape index (κ2) is 10.9. The van der Waals surface area contributed by atoms with Crippen molar-refractivity contribution in [2.24, 2.45) is 0 Å². The molecule has 0 aliphatic rings. The van der Waals surface area contributed by atoms with Crippen LogP contribution in [0.25, 0.3) is 86.9 Å². The summed E-state index contributed by atoms with van der Waals surface area (Å²) in [6, 6.07) is 54.5. The van der Waals surface area contributed by atoms with Gasteiger partial charge < -0.3 is 9.13 Å². The third kappa shape index (κ3) is 4.14. The van der Waals surface area contributed by atoms with E-state index in [0.717, 1.165) is 66.5 Å². The van der Waals surface area contributed by atoms with E-state index < -0.39 is 0 Å². The van der Waals surface area contributed by atoms with E-state index in [9.17, 15) is 0 Å². The predicted octanol–water partition coefficient (Wildman–Crippen LogP) is 12.3. The maximum atomic E-state index is 7.97. The largest absolute Gasteiger partial charge is 0.309 e. The summed E-state index contributed by atoms with van der Waals surface area (Å²) in [6.45, 7) is 15.6. The average Bonchev–Trinajstić information content (AvgIpc) is 3.67. The summed E-state index contributed by atoms with van der Waals surface area (Å²) < 4.78 is 4.65. The van der Waals surface area contributed by atoms with Crippen LogP contribution in [-0.4, -0.2) is 9.13 Å². The van der Waals surface area contributed by atoms with Crippen molar-refractivity contribution in [3.05, 3.63) is 181 Å². The summed E-state index contributed by atoms with van der Waals surface area (Å²) in [5.74, 6) is 0. The molecule has 9 rings (SSSR count). The first-order chi connectivity index (χ1) is 23.7. The Morgan fingerprint density at radius 2 is 0.917 bits per heavy atom. The van der Waals surface area contributed by atoms with E-state index in [4.69, 9.17) is 13.1 Å². The van der Waals surface area contributed by atoms with Gasteiger partial charge in [-0.1, -0.05) is 103 Å². The average molecular weight is 611 g/mol. The third-order valence-corrected chi connectivity index (χ3v) is 9.33. The Morgan fingerprint density at radius 3 is 1.58 bits per heavy atom. The number of nitrogens with zero attached hydrogens (tertiary/aromatic N) is 4. The smallest absolute Gasteiger partial charge is 0.194 e. The lowest BCUT2D eigenvalue weighted by Crippen LogP contribution is -1.99. The number of aromatic nitrogens is 2. The van der Waals surface area contributed by atoms with Gasteiger partial charge in [-0.2, -0.15) is 0 Å². The maximum absolute atomic E-state index is 7.97. The van der Waals surface area contributed by atoms with Crippen molar-refractivity contribution in [2.45, 2.75) is 0 Å². The van der Waals surface area contributed by atoms with Gasteiger partial charge in [-0.15, -0.1) is 0 Å². The molecular formula is C44H26N4. The molecule has 4 nitrogen and oxygen atoms in total. The monoisotopic (exact) mass is 610 g/mol. The molecule has 0 saturated carbocycles. The number of hydrogen-bond donors (Lipinski definition) is 0. The molecule has 0 fully saturated rings. The molecule has 4 heteroatoms. The molecule has 7 aromatic carbocycles. The van der Waals surface area contributed by atoms with Crippen molar-refractivity contribution >= 4 is 55.0 Å². The Bertz CT molecular complexity index is 2760. The molecule has 0 radical (unpaired) electrons. The third-order valence-electron chi connectivity index (χ3n) is 9.33. The molecule has 0 N–H and O–H groups in total. The first-order valence-electron chi connectivity index (χ1n) is 15.8. The number of hydrogen-bond acceptors (Lipinski definition) is 0. The molecule has 2 aromatic heterocycles. The summed E-state index contributed by atoms with van der Waals surface area (Å²) in [7, 11) is 0. The van der Waals surface area contributed by atoms with Crippen molar-refractivity contribution in [2.75, 3.05) is 0 Å². The second-order valence-corrected chi connectivity index (χ2v) is 12.0. The van der Waals surface area contributed by atoms with Crippen LogP contribution in [-0.2, 0) is 0 Å². The molecule has 2 heterocycles. The minimum absolute atomic E-state index is 0.611. The first-order valence-corrected chi connectivity index (χ1v) is 15.8. The van der Waals surface area contributed by atoms with Crippen LogP contribution in [0.5, 0.6) is 0 Å². The van der Waals surface area contributed by atoms with Gasteiger partial charge in [0.15, 0.2) is 11.4 Å². The number of rotatable bonds is 4. The molecule has 0 saturated heterocycles. The normalized spacial score (nSPS) is 11.3. The van der Waals surface area contributed by atoms with Gasteiger partial charge >= 0.3 is 0 Å². The zero-order valence-corrected chi connectivity index (χ0v) is 25.8. The molecule has 0 bridgehead atoms. The number of fused-ring (bicyclic) bond motifs is 6. The standard InChI is InChI=1S/C44H26N4/c1-45-31-23-24-44-38(28-31)37-17-7-10-20-41(37)47(44)32-26-29(33-13-3-8-18-39(33)46-2)25-30(27-32)34-14-4-9-19-40(34)48-42-21-11-5-15-35(42)36-16-6-12-22-43(36)48/h3-28H. The molecule has 0 atom stereocenters. The van der Waals surface area contributed by atoms with E-state index in [1.54, 1.807) is 0 Å². The van der Waals surface area contributed by atoms with Crippen molar-refractivity contribution in [1.82, 2.24) is 9.13 Å². The van der Waals surface area contributed by atoms with Gasteiger partial charge in [-0.25, -0.2) is 9.69 Å². The lowest BCUT2D eigenvalue weighted by atomic mass is 9.95. The fraction of sp³-hybridized carbons (Fsp3) is 0. The van der Waals surface area contributed by atoms with Crippen LogP contribution in [0.4, 0.5) is 11.4 Å². The van der Waals surface area contributed by atoms with Crippen LogP contribution in [0, 0.1) is 13.1 Å². The minimum Gasteiger partial charge on any atom is -0.309 e. The Morgan fingerprint density at radius 1 is 0.396 bits per heavy atom. The van der Waals surface area contributed by atoms with E-state index in [1.165, 1.54) is 10.8 Å². The van der Waals surface area contributed by atoms with Crippen LogP contribution >= 0.6 is 0 Å². The van der Waals surface area contributed by atoms with Crippen molar-refractivity contribution < 1.29 is 0 Å². The topological polar surface area (TPSA) is 18.6 Å². The zero-order chi connectivity index (χ0) is 32.2. The van der Waals surface area contributed by atoms with Gasteiger partial charge in [0.05, 0.1) is 40.9 Å². The molecule has 0 unspecified atom stereocenters. The van der Waals surface area contributed by atoms with E-state index in [2.05, 4.69) is 128 Å². The number of para-hydroxylation sites is 5. The van der Waals surface area contributed by atoms with Gasteiger partial charge in [0.1, 0.15) is 0 Å². The molecule has 222 valence electrons. The van der Waals surface area contributed by atoms with Crippen molar-refractivity contribution in [3.63, 3.8) is 0 Å². The first kappa shape index (κ1) is 27.4. The lowest BCUT2D eigenvalue weighted by Gasteiger charge is -2.18. The van der Waals surface area contributed by atoms with Gasteiger partial charge in [-0.3, -0.25) is 0 Å². The van der Waals surface area contributed by atoms with Crippen LogP contribution < -0.4 is 0 Å². The van der Waals surface area contributed by atoms with E-state index in [0.29, 0.717) is 11.4 Å². The summed E-state index contributed by atoms with van der Waals surface area (Å²) >= 11 is 0. The molecule has 9 aromatic rings. The number of benzene rings is 7. The molecule has 0 aliphatic carbocycles. The van der Waals surface area contributed by atoms with Crippen LogP contribution in [0.15, 0.2) is 158 Å². The predicted molar refractivity (Wildman–Crippen MR) is 199 cm³/mol. The lowest BCUT2D eigenvalue weighted by molar-refractivity contribution is 1.17. The molecule has 0 amide bonds. The van der Waals surface area contributed by atoms with Crippen LogP contribution in [0.2, 0.25) is 0 Å². The van der Waals surface area contributed by atoms with Crippen molar-refractivity contribution in [1.29, 1.82) is 0 Å². The summed E-state index contributed by atoms with van der Waals surface area (Å²) in [5, 5.41) is 4.57. The van der Waals surface area contributed by atoms with E-state index >= 15 is 0 Å². The minimum atomic E-state index is 0.611. The maximum Gasteiger partial charge on any atom is 0.194 e. The highest BCUT2D eigenvalue weighted by atomic mass is 15.0. The van der Waals surface area contributed by atoms with Gasteiger partial charge in [0.25, 0.3) is 0 Å². The van der Waals surface area contributed by atoms with E-state index in [1.807, 2.05) is 48.5 Å². The highest BCUT2D eigenvalue weighted by Gasteiger charge is 2.19. The zero-order valence-electron chi connectivity index (χ0n) is 25.8. The molecule has 0 spiro atoms. The van der Waals surface area contributed by atoms with Gasteiger partial charge in [0.2, 0.25) is 0 Å². The molecule has 0 aliphatic heterocycles. The van der Waals surface area contributed by atoms with Crippen molar-refractivity contribution in [3.8, 4) is 33.6 Å². The Hall–Kier alpha value is -6.88. The molecular weight excluding hydrogens is 585 g/mol.